The summed E-state index contributed by atoms with van der Waals surface area (Å²) in [6, 6.07) is 0.694. The van der Waals surface area contributed by atoms with Gasteiger partial charge in [-0.3, -0.25) is 10.2 Å². The zero-order chi connectivity index (χ0) is 9.31. The maximum atomic E-state index is 3.60. The number of likely N-dealkylation sites (tertiary alicyclic amines) is 1. The van der Waals surface area contributed by atoms with E-state index in [0.29, 0.717) is 11.6 Å². The van der Waals surface area contributed by atoms with Gasteiger partial charge in [0.05, 0.1) is 0 Å². The van der Waals surface area contributed by atoms with Crippen LogP contribution in [0.15, 0.2) is 0 Å². The second-order valence-electron chi connectivity index (χ2n) is 4.73. The number of nitrogens with zero attached hydrogens (tertiary/aromatic N) is 1. The van der Waals surface area contributed by atoms with E-state index in [2.05, 4.69) is 29.4 Å². The third-order valence-electron chi connectivity index (χ3n) is 3.39. The minimum atomic E-state index is 0. The van der Waals surface area contributed by atoms with E-state index in [-0.39, 0.29) is 2.85 Å². The van der Waals surface area contributed by atoms with Crippen molar-refractivity contribution in [2.24, 2.45) is 0 Å². The molecule has 0 aliphatic carbocycles. The number of hydrogen-bond donors (Lipinski definition) is 2. The Bertz CT molecular complexity index is 182. The first-order valence-corrected chi connectivity index (χ1v) is 5.42. The Balaban J connectivity index is 0.000000980. The average molecular weight is 187 g/mol. The summed E-state index contributed by atoms with van der Waals surface area (Å²) in [5.41, 5.74) is 0.391. The highest BCUT2D eigenvalue weighted by Gasteiger charge is 2.37. The van der Waals surface area contributed by atoms with Crippen molar-refractivity contribution in [1.82, 2.24) is 15.5 Å². The molecule has 0 radical (unpaired) electrons. The highest BCUT2D eigenvalue weighted by Crippen LogP contribution is 2.23. The van der Waals surface area contributed by atoms with Crippen molar-refractivity contribution < 1.29 is 2.85 Å². The summed E-state index contributed by atoms with van der Waals surface area (Å²) in [6.45, 7) is 9.23. The van der Waals surface area contributed by atoms with Crippen molar-refractivity contribution in [3.05, 3.63) is 0 Å². The van der Waals surface area contributed by atoms with E-state index in [0.717, 1.165) is 13.2 Å². The smallest absolute Gasteiger partial charge is 0.0460 e. The second-order valence-corrected chi connectivity index (χ2v) is 4.73. The van der Waals surface area contributed by atoms with Crippen LogP contribution in [0, 0.1) is 0 Å². The molecule has 80 valence electrons. The Morgan fingerprint density at radius 1 is 1.46 bits per heavy atom. The Morgan fingerprint density at radius 3 is 2.92 bits per heavy atom. The van der Waals surface area contributed by atoms with Crippen molar-refractivity contribution in [3.63, 3.8) is 0 Å². The van der Waals surface area contributed by atoms with Gasteiger partial charge >= 0.3 is 0 Å². The van der Waals surface area contributed by atoms with Gasteiger partial charge in [-0.1, -0.05) is 0 Å². The third kappa shape index (κ3) is 1.87. The predicted molar refractivity (Wildman–Crippen MR) is 58.9 cm³/mol. The summed E-state index contributed by atoms with van der Waals surface area (Å²) in [5, 5.41) is 7.01. The third-order valence-corrected chi connectivity index (χ3v) is 3.39. The molecule has 0 aromatic rings. The number of nitrogens with one attached hydrogen (secondary N) is 2. The van der Waals surface area contributed by atoms with E-state index in [1.165, 1.54) is 25.9 Å². The fraction of sp³-hybridized carbons (Fsp3) is 1.00. The molecule has 3 heteroatoms. The fourth-order valence-corrected chi connectivity index (χ4v) is 2.51. The monoisotopic (exact) mass is 187 g/mol. The standard InChI is InChI=1S/C10H21N3.2H2/c1-9(2)13-5-3-4-10(7-13)6-11-8-12-10;;/h9,11-12H,3-8H2,1-2H3;2*1H. The van der Waals surface area contributed by atoms with Crippen LogP contribution >= 0.6 is 0 Å². The average Bonchev–Trinajstić information content (AvgIpc) is 2.53. The Kier molecular flexibility index (Phi) is 2.58. The molecule has 2 aliphatic rings. The lowest BCUT2D eigenvalue weighted by Gasteiger charge is -2.42. The molecule has 2 rings (SSSR count). The Morgan fingerprint density at radius 2 is 2.31 bits per heavy atom. The van der Waals surface area contributed by atoms with Gasteiger partial charge in [0, 0.05) is 34.2 Å². The molecule has 1 unspecified atom stereocenters. The molecule has 2 aliphatic heterocycles. The van der Waals surface area contributed by atoms with Crippen molar-refractivity contribution in [2.75, 3.05) is 26.3 Å². The van der Waals surface area contributed by atoms with Crippen molar-refractivity contribution in [1.29, 1.82) is 0 Å². The highest BCUT2D eigenvalue weighted by molar-refractivity contribution is 4.99. The van der Waals surface area contributed by atoms with E-state index in [4.69, 9.17) is 0 Å². The van der Waals surface area contributed by atoms with Crippen LogP contribution in [0.3, 0.4) is 0 Å². The van der Waals surface area contributed by atoms with Crippen LogP contribution in [0.4, 0.5) is 0 Å². The fourth-order valence-electron chi connectivity index (χ4n) is 2.51. The van der Waals surface area contributed by atoms with Gasteiger partial charge in [0.1, 0.15) is 0 Å². The minimum Gasteiger partial charge on any atom is -0.303 e. The number of rotatable bonds is 1. The molecule has 3 nitrogen and oxygen atoms in total. The Labute approximate surface area is 83.8 Å². The molecule has 2 heterocycles. The SMILES string of the molecule is CC(C)N1CCCC2(CNCN2)C1.[HH].[HH]. The van der Waals surface area contributed by atoms with E-state index < -0.39 is 0 Å². The first-order chi connectivity index (χ1) is 6.22. The van der Waals surface area contributed by atoms with Gasteiger partial charge in [0.25, 0.3) is 0 Å². The highest BCUT2D eigenvalue weighted by atomic mass is 15.3. The van der Waals surface area contributed by atoms with Crippen LogP contribution in [-0.2, 0) is 0 Å². The van der Waals surface area contributed by atoms with Crippen molar-refractivity contribution >= 4 is 0 Å². The molecule has 0 aromatic carbocycles. The molecule has 0 amide bonds. The Hall–Kier alpha value is -0.120. The lowest BCUT2D eigenvalue weighted by molar-refractivity contribution is 0.114. The van der Waals surface area contributed by atoms with Gasteiger partial charge in [-0.2, -0.15) is 0 Å². The summed E-state index contributed by atoms with van der Waals surface area (Å²) in [5.74, 6) is 0. The molecule has 2 N–H and O–H groups in total. The van der Waals surface area contributed by atoms with Crippen LogP contribution in [-0.4, -0.2) is 42.8 Å². The van der Waals surface area contributed by atoms with Crippen molar-refractivity contribution in [2.45, 2.75) is 38.3 Å². The summed E-state index contributed by atoms with van der Waals surface area (Å²) in [7, 11) is 0. The van der Waals surface area contributed by atoms with Crippen LogP contribution in [0.5, 0.6) is 0 Å². The van der Waals surface area contributed by atoms with Gasteiger partial charge in [0.2, 0.25) is 0 Å². The first kappa shape index (κ1) is 9.44. The van der Waals surface area contributed by atoms with Gasteiger partial charge < -0.3 is 5.32 Å². The van der Waals surface area contributed by atoms with Crippen LogP contribution in [0.1, 0.15) is 29.5 Å². The molecule has 0 aromatic heterocycles. The first-order valence-electron chi connectivity index (χ1n) is 5.42. The van der Waals surface area contributed by atoms with E-state index >= 15 is 0 Å². The van der Waals surface area contributed by atoms with Gasteiger partial charge in [-0.25, -0.2) is 0 Å². The summed E-state index contributed by atoms with van der Waals surface area (Å²) in [4.78, 5) is 2.59. The minimum absolute atomic E-state index is 0. The van der Waals surface area contributed by atoms with Crippen LogP contribution in [0.25, 0.3) is 0 Å². The number of piperidine rings is 1. The molecule has 2 fully saturated rings. The van der Waals surface area contributed by atoms with E-state index in [1.807, 2.05) is 0 Å². The quantitative estimate of drug-likeness (QED) is 0.638. The number of hydrogen-bond acceptors (Lipinski definition) is 3. The largest absolute Gasteiger partial charge is 0.303 e. The topological polar surface area (TPSA) is 27.3 Å². The van der Waals surface area contributed by atoms with E-state index in [1.54, 1.807) is 0 Å². The van der Waals surface area contributed by atoms with Crippen LogP contribution < -0.4 is 10.6 Å². The van der Waals surface area contributed by atoms with Gasteiger partial charge in [-0.15, -0.1) is 0 Å². The van der Waals surface area contributed by atoms with Crippen LogP contribution in [0.2, 0.25) is 0 Å². The molecule has 0 saturated carbocycles. The molecular weight excluding hydrogens is 162 g/mol. The molecule has 1 atom stereocenters. The summed E-state index contributed by atoms with van der Waals surface area (Å²) in [6.07, 6.45) is 2.68. The normalized spacial score (nSPS) is 36.2. The predicted octanol–water partition coefficient (Wildman–Crippen LogP) is 0.872. The summed E-state index contributed by atoms with van der Waals surface area (Å²) < 4.78 is 0. The zero-order valence-corrected chi connectivity index (χ0v) is 8.77. The second kappa shape index (κ2) is 3.56. The summed E-state index contributed by atoms with van der Waals surface area (Å²) >= 11 is 0. The zero-order valence-electron chi connectivity index (χ0n) is 8.77. The molecule has 1 spiro atoms. The van der Waals surface area contributed by atoms with Gasteiger partial charge in [-0.05, 0) is 33.2 Å². The molecule has 13 heavy (non-hydrogen) atoms. The maximum absolute atomic E-state index is 3.60. The van der Waals surface area contributed by atoms with E-state index in [9.17, 15) is 0 Å². The molecular formula is C10H25N3. The van der Waals surface area contributed by atoms with Crippen molar-refractivity contribution in [3.8, 4) is 0 Å². The molecule has 2 saturated heterocycles. The lowest BCUT2D eigenvalue weighted by Crippen LogP contribution is -2.57. The lowest BCUT2D eigenvalue weighted by atomic mass is 9.89. The van der Waals surface area contributed by atoms with Gasteiger partial charge in [0.15, 0.2) is 0 Å². The molecule has 0 bridgehead atoms. The maximum Gasteiger partial charge on any atom is 0.0460 e.